The number of rotatable bonds is 3. The van der Waals surface area contributed by atoms with Crippen LogP contribution >= 0.6 is 0 Å². The summed E-state index contributed by atoms with van der Waals surface area (Å²) in [7, 11) is 0. The van der Waals surface area contributed by atoms with Crippen molar-refractivity contribution >= 4 is 5.57 Å². The van der Waals surface area contributed by atoms with Gasteiger partial charge in [0.2, 0.25) is 0 Å². The van der Waals surface area contributed by atoms with Gasteiger partial charge in [-0.2, -0.15) is 0 Å². The van der Waals surface area contributed by atoms with Gasteiger partial charge in [-0.05, 0) is 56.9 Å². The van der Waals surface area contributed by atoms with E-state index in [-0.39, 0.29) is 5.60 Å². The molecule has 0 aliphatic carbocycles. The molecule has 0 amide bonds. The number of fused-ring (bicyclic) bond motifs is 1. The molecule has 0 saturated heterocycles. The zero-order valence-electron chi connectivity index (χ0n) is 11.3. The first kappa shape index (κ1) is 12.2. The SMILES string of the molecule is CCCCc1ccc2c(c1)OC(C)(C)C=C2C. The first-order chi connectivity index (χ1) is 8.02. The number of unbranched alkanes of at least 4 members (excludes halogenated alkanes) is 1. The van der Waals surface area contributed by atoms with Crippen LogP contribution in [0.4, 0.5) is 0 Å². The molecule has 0 unspecified atom stereocenters. The molecule has 0 atom stereocenters. The summed E-state index contributed by atoms with van der Waals surface area (Å²) in [6.07, 6.45) is 5.83. The van der Waals surface area contributed by atoms with Crippen molar-refractivity contribution in [1.29, 1.82) is 0 Å². The predicted octanol–water partition coefficient (Wildman–Crippen LogP) is 4.60. The maximum absolute atomic E-state index is 6.03. The van der Waals surface area contributed by atoms with Gasteiger partial charge in [-0.25, -0.2) is 0 Å². The number of hydrogen-bond acceptors (Lipinski definition) is 1. The minimum absolute atomic E-state index is 0.180. The Bertz CT molecular complexity index is 441. The second kappa shape index (κ2) is 4.56. The molecule has 1 aromatic carbocycles. The molecular formula is C16H22O. The van der Waals surface area contributed by atoms with Crippen molar-refractivity contribution in [3.8, 4) is 5.75 Å². The van der Waals surface area contributed by atoms with E-state index >= 15 is 0 Å². The fourth-order valence-electron chi connectivity index (χ4n) is 2.43. The second-order valence-corrected chi connectivity index (χ2v) is 5.47. The van der Waals surface area contributed by atoms with Gasteiger partial charge in [0.1, 0.15) is 11.4 Å². The van der Waals surface area contributed by atoms with Gasteiger partial charge in [-0.1, -0.05) is 25.5 Å². The molecule has 17 heavy (non-hydrogen) atoms. The fourth-order valence-corrected chi connectivity index (χ4v) is 2.43. The third-order valence-electron chi connectivity index (χ3n) is 3.23. The largest absolute Gasteiger partial charge is 0.483 e. The maximum atomic E-state index is 6.03. The minimum Gasteiger partial charge on any atom is -0.483 e. The predicted molar refractivity (Wildman–Crippen MR) is 73.4 cm³/mol. The van der Waals surface area contributed by atoms with Gasteiger partial charge in [0.15, 0.2) is 0 Å². The van der Waals surface area contributed by atoms with E-state index in [9.17, 15) is 0 Å². The van der Waals surface area contributed by atoms with E-state index in [2.05, 4.69) is 52.0 Å². The Morgan fingerprint density at radius 1 is 1.24 bits per heavy atom. The van der Waals surface area contributed by atoms with E-state index in [1.165, 1.54) is 29.5 Å². The lowest BCUT2D eigenvalue weighted by Gasteiger charge is -2.30. The standard InChI is InChI=1S/C16H22O/c1-5-6-7-13-8-9-14-12(2)11-16(3,4)17-15(14)10-13/h8-11H,5-7H2,1-4H3. The fraction of sp³-hybridized carbons (Fsp3) is 0.500. The summed E-state index contributed by atoms with van der Waals surface area (Å²) in [5, 5.41) is 0. The van der Waals surface area contributed by atoms with Crippen molar-refractivity contribution in [3.05, 3.63) is 35.4 Å². The van der Waals surface area contributed by atoms with Crippen LogP contribution in [0.1, 0.15) is 51.7 Å². The van der Waals surface area contributed by atoms with Crippen molar-refractivity contribution in [1.82, 2.24) is 0 Å². The Balaban J connectivity index is 2.31. The van der Waals surface area contributed by atoms with Crippen LogP contribution in [0.3, 0.4) is 0 Å². The molecule has 0 spiro atoms. The monoisotopic (exact) mass is 230 g/mol. The highest BCUT2D eigenvalue weighted by Crippen LogP contribution is 2.36. The normalized spacial score (nSPS) is 17.1. The van der Waals surface area contributed by atoms with Crippen LogP contribution in [-0.4, -0.2) is 5.60 Å². The maximum Gasteiger partial charge on any atom is 0.128 e. The van der Waals surface area contributed by atoms with Gasteiger partial charge >= 0.3 is 0 Å². The van der Waals surface area contributed by atoms with E-state index in [1.807, 2.05) is 0 Å². The molecule has 1 heteroatoms. The molecule has 2 rings (SSSR count). The highest BCUT2D eigenvalue weighted by Gasteiger charge is 2.24. The summed E-state index contributed by atoms with van der Waals surface area (Å²) in [6, 6.07) is 6.64. The Morgan fingerprint density at radius 3 is 2.71 bits per heavy atom. The Kier molecular flexibility index (Phi) is 3.28. The first-order valence-electron chi connectivity index (χ1n) is 6.53. The zero-order valence-corrected chi connectivity index (χ0v) is 11.3. The van der Waals surface area contributed by atoms with Crippen LogP contribution in [0.2, 0.25) is 0 Å². The van der Waals surface area contributed by atoms with Crippen molar-refractivity contribution in [2.45, 2.75) is 52.6 Å². The third kappa shape index (κ3) is 2.71. The van der Waals surface area contributed by atoms with Crippen LogP contribution in [0.5, 0.6) is 5.75 Å². The summed E-state index contributed by atoms with van der Waals surface area (Å²) < 4.78 is 6.03. The zero-order chi connectivity index (χ0) is 12.5. The topological polar surface area (TPSA) is 9.23 Å². The van der Waals surface area contributed by atoms with Gasteiger partial charge < -0.3 is 4.74 Å². The first-order valence-corrected chi connectivity index (χ1v) is 6.53. The Morgan fingerprint density at radius 2 is 2.00 bits per heavy atom. The number of hydrogen-bond donors (Lipinski definition) is 0. The van der Waals surface area contributed by atoms with E-state index in [0.717, 1.165) is 12.2 Å². The van der Waals surface area contributed by atoms with Gasteiger partial charge in [-0.15, -0.1) is 0 Å². The molecule has 0 radical (unpaired) electrons. The van der Waals surface area contributed by atoms with Gasteiger partial charge in [0.05, 0.1) is 0 Å². The van der Waals surface area contributed by atoms with Crippen LogP contribution in [0.25, 0.3) is 5.57 Å². The minimum atomic E-state index is -0.180. The average Bonchev–Trinajstić information content (AvgIpc) is 2.24. The molecular weight excluding hydrogens is 208 g/mol. The lowest BCUT2D eigenvalue weighted by molar-refractivity contribution is 0.158. The number of ether oxygens (including phenoxy) is 1. The van der Waals surface area contributed by atoms with E-state index in [4.69, 9.17) is 4.74 Å². The molecule has 1 heterocycles. The number of allylic oxidation sites excluding steroid dienone is 1. The van der Waals surface area contributed by atoms with Crippen molar-refractivity contribution in [2.24, 2.45) is 0 Å². The van der Waals surface area contributed by atoms with Crippen LogP contribution in [0, 0.1) is 0 Å². The molecule has 1 nitrogen and oxygen atoms in total. The third-order valence-corrected chi connectivity index (χ3v) is 3.23. The van der Waals surface area contributed by atoms with E-state index in [0.29, 0.717) is 0 Å². The van der Waals surface area contributed by atoms with E-state index in [1.54, 1.807) is 0 Å². The number of benzene rings is 1. The van der Waals surface area contributed by atoms with Crippen LogP contribution in [0.15, 0.2) is 24.3 Å². The Labute approximate surface area is 104 Å². The van der Waals surface area contributed by atoms with Crippen molar-refractivity contribution < 1.29 is 4.74 Å². The molecule has 0 fully saturated rings. The smallest absolute Gasteiger partial charge is 0.128 e. The van der Waals surface area contributed by atoms with Crippen LogP contribution < -0.4 is 4.74 Å². The lowest BCUT2D eigenvalue weighted by atomic mass is 9.94. The van der Waals surface area contributed by atoms with Crippen LogP contribution in [-0.2, 0) is 6.42 Å². The highest BCUT2D eigenvalue weighted by atomic mass is 16.5. The summed E-state index contributed by atoms with van der Waals surface area (Å²) >= 11 is 0. The summed E-state index contributed by atoms with van der Waals surface area (Å²) in [4.78, 5) is 0. The summed E-state index contributed by atoms with van der Waals surface area (Å²) in [5.74, 6) is 1.05. The molecule has 0 bridgehead atoms. The average molecular weight is 230 g/mol. The van der Waals surface area contributed by atoms with Gasteiger partial charge in [-0.3, -0.25) is 0 Å². The van der Waals surface area contributed by atoms with Gasteiger partial charge in [0.25, 0.3) is 0 Å². The van der Waals surface area contributed by atoms with Crippen molar-refractivity contribution in [3.63, 3.8) is 0 Å². The molecule has 0 aromatic heterocycles. The number of aryl methyl sites for hydroxylation is 1. The second-order valence-electron chi connectivity index (χ2n) is 5.47. The molecule has 1 aromatic rings. The van der Waals surface area contributed by atoms with E-state index < -0.39 is 0 Å². The summed E-state index contributed by atoms with van der Waals surface area (Å²) in [6.45, 7) is 8.61. The molecule has 0 N–H and O–H groups in total. The Hall–Kier alpha value is -1.24. The van der Waals surface area contributed by atoms with Crippen molar-refractivity contribution in [2.75, 3.05) is 0 Å². The molecule has 1 aliphatic heterocycles. The molecule has 92 valence electrons. The highest BCUT2D eigenvalue weighted by molar-refractivity contribution is 5.72. The summed E-state index contributed by atoms with van der Waals surface area (Å²) in [5.41, 5.74) is 3.76. The van der Waals surface area contributed by atoms with Gasteiger partial charge in [0, 0.05) is 5.56 Å². The quantitative estimate of drug-likeness (QED) is 0.737. The lowest BCUT2D eigenvalue weighted by Crippen LogP contribution is -2.28. The molecule has 1 aliphatic rings. The molecule has 0 saturated carbocycles.